The summed E-state index contributed by atoms with van der Waals surface area (Å²) < 4.78 is 17.6. The third kappa shape index (κ3) is 5.54. The van der Waals surface area contributed by atoms with Gasteiger partial charge in [0.2, 0.25) is 0 Å². The van der Waals surface area contributed by atoms with E-state index in [1.165, 1.54) is 13.8 Å². The Labute approximate surface area is 211 Å². The molecule has 0 radical (unpaired) electrons. The molecule has 0 bridgehead atoms. The van der Waals surface area contributed by atoms with E-state index in [1.807, 2.05) is 0 Å². The van der Waals surface area contributed by atoms with Gasteiger partial charge >= 0.3 is 17.9 Å². The molecule has 10 heteroatoms. The van der Waals surface area contributed by atoms with Crippen LogP contribution in [0.2, 0.25) is 0 Å². The Kier molecular flexibility index (Phi) is 7.56. The van der Waals surface area contributed by atoms with Crippen molar-refractivity contribution in [3.8, 4) is 11.5 Å². The van der Waals surface area contributed by atoms with Crippen molar-refractivity contribution >= 4 is 93.3 Å². The maximum atomic E-state index is 12.3. The van der Waals surface area contributed by atoms with Crippen molar-refractivity contribution in [3.63, 3.8) is 0 Å². The first kappa shape index (κ1) is 23.9. The molecule has 2 aromatic carbocycles. The molecule has 0 spiro atoms. The number of ether oxygens (including phenoxy) is 3. The van der Waals surface area contributed by atoms with E-state index in [0.717, 1.165) is 0 Å². The molecule has 1 aliphatic rings. The number of halogens is 4. The Morgan fingerprint density at radius 2 is 1.52 bits per heavy atom. The highest BCUT2D eigenvalue weighted by Crippen LogP contribution is 2.43. The third-order valence-corrected chi connectivity index (χ3v) is 6.41. The SMILES string of the molecule is CC(=O)Oc1ccc(/C=C2\OC(=O)C(Br)=C2c2cc(Br)c(OC(C)=O)c(Br)c2)cc1Br. The van der Waals surface area contributed by atoms with Crippen molar-refractivity contribution in [1.82, 2.24) is 0 Å². The van der Waals surface area contributed by atoms with Gasteiger partial charge in [-0.25, -0.2) is 4.79 Å². The summed E-state index contributed by atoms with van der Waals surface area (Å²) in [5, 5.41) is 0. The molecule has 31 heavy (non-hydrogen) atoms. The lowest BCUT2D eigenvalue weighted by molar-refractivity contribution is -0.133. The minimum absolute atomic E-state index is 0.258. The van der Waals surface area contributed by atoms with Crippen LogP contribution in [0.5, 0.6) is 11.5 Å². The highest BCUT2D eigenvalue weighted by Gasteiger charge is 2.30. The maximum absolute atomic E-state index is 12.3. The lowest BCUT2D eigenvalue weighted by Crippen LogP contribution is -2.03. The lowest BCUT2D eigenvalue weighted by Gasteiger charge is -2.11. The second kappa shape index (κ2) is 9.81. The molecule has 0 atom stereocenters. The van der Waals surface area contributed by atoms with Gasteiger partial charge in [-0.15, -0.1) is 0 Å². The molecular weight excluding hydrogens is 668 g/mol. The zero-order valence-corrected chi connectivity index (χ0v) is 22.3. The van der Waals surface area contributed by atoms with Crippen LogP contribution < -0.4 is 9.47 Å². The van der Waals surface area contributed by atoms with Gasteiger partial charge in [-0.05, 0) is 105 Å². The van der Waals surface area contributed by atoms with Gasteiger partial charge in [0, 0.05) is 19.4 Å². The van der Waals surface area contributed by atoms with Crippen molar-refractivity contribution in [2.75, 3.05) is 0 Å². The minimum Gasteiger partial charge on any atom is -0.426 e. The standard InChI is InChI=1S/C21H12Br4O6/c1-9(26)29-16-4-3-11(5-13(16)22)6-17-18(19(25)21(28)31-17)12-7-14(23)20(15(24)8-12)30-10(2)27/h3-8H,1-2H3/b17-6-. The summed E-state index contributed by atoms with van der Waals surface area (Å²) in [6.07, 6.45) is 1.69. The highest BCUT2D eigenvalue weighted by molar-refractivity contribution is 9.12. The van der Waals surface area contributed by atoms with Crippen molar-refractivity contribution in [2.24, 2.45) is 0 Å². The third-order valence-electron chi connectivity index (χ3n) is 3.89. The van der Waals surface area contributed by atoms with Gasteiger partial charge in [-0.1, -0.05) is 6.07 Å². The van der Waals surface area contributed by atoms with Crippen LogP contribution in [0.4, 0.5) is 0 Å². The van der Waals surface area contributed by atoms with Gasteiger partial charge in [0.25, 0.3) is 0 Å². The van der Waals surface area contributed by atoms with Crippen LogP contribution in [0, 0.1) is 0 Å². The van der Waals surface area contributed by atoms with Gasteiger partial charge < -0.3 is 14.2 Å². The maximum Gasteiger partial charge on any atom is 0.351 e. The summed E-state index contributed by atoms with van der Waals surface area (Å²) >= 11 is 13.5. The molecule has 0 saturated heterocycles. The molecular formula is C21H12Br4O6. The molecule has 1 heterocycles. The Balaban J connectivity index is 2.04. The van der Waals surface area contributed by atoms with E-state index in [1.54, 1.807) is 36.4 Å². The first-order chi connectivity index (χ1) is 14.6. The van der Waals surface area contributed by atoms with E-state index in [9.17, 15) is 14.4 Å². The van der Waals surface area contributed by atoms with Crippen molar-refractivity contribution in [2.45, 2.75) is 13.8 Å². The molecule has 2 aromatic rings. The van der Waals surface area contributed by atoms with Gasteiger partial charge in [0.15, 0.2) is 5.75 Å². The molecule has 1 aliphatic heterocycles. The molecule has 6 nitrogen and oxygen atoms in total. The molecule has 0 amide bonds. The normalized spacial score (nSPS) is 14.6. The van der Waals surface area contributed by atoms with Gasteiger partial charge in [-0.3, -0.25) is 9.59 Å². The lowest BCUT2D eigenvalue weighted by atomic mass is 10.0. The van der Waals surface area contributed by atoms with Crippen LogP contribution in [0.3, 0.4) is 0 Å². The van der Waals surface area contributed by atoms with Gasteiger partial charge in [0.1, 0.15) is 16.0 Å². The van der Waals surface area contributed by atoms with Crippen molar-refractivity contribution in [3.05, 3.63) is 65.1 Å². The van der Waals surface area contributed by atoms with Crippen LogP contribution >= 0.6 is 63.7 Å². The van der Waals surface area contributed by atoms with E-state index < -0.39 is 17.9 Å². The Hall–Kier alpha value is -1.75. The number of carbonyl (C=O) groups excluding carboxylic acids is 3. The highest BCUT2D eigenvalue weighted by atomic mass is 79.9. The zero-order chi connectivity index (χ0) is 22.9. The molecule has 3 rings (SSSR count). The number of esters is 3. The summed E-state index contributed by atoms with van der Waals surface area (Å²) in [7, 11) is 0. The fourth-order valence-electron chi connectivity index (χ4n) is 2.72. The number of cyclic esters (lactones) is 1. The molecule has 0 aromatic heterocycles. The number of hydrogen-bond acceptors (Lipinski definition) is 6. The molecule has 0 fully saturated rings. The summed E-state index contributed by atoms with van der Waals surface area (Å²) in [6, 6.07) is 8.53. The van der Waals surface area contributed by atoms with Crippen molar-refractivity contribution in [1.29, 1.82) is 0 Å². The average molecular weight is 680 g/mol. The van der Waals surface area contributed by atoms with E-state index in [-0.39, 0.29) is 4.48 Å². The summed E-state index contributed by atoms with van der Waals surface area (Å²) in [5.74, 6) is -0.398. The van der Waals surface area contributed by atoms with E-state index in [4.69, 9.17) is 14.2 Å². The van der Waals surface area contributed by atoms with E-state index in [0.29, 0.717) is 47.4 Å². The van der Waals surface area contributed by atoms with Crippen LogP contribution in [-0.2, 0) is 19.1 Å². The number of allylic oxidation sites excluding steroid dienone is 1. The smallest absolute Gasteiger partial charge is 0.351 e. The van der Waals surface area contributed by atoms with Gasteiger partial charge in [0.05, 0.1) is 13.4 Å². The van der Waals surface area contributed by atoms with Crippen LogP contribution in [0.1, 0.15) is 25.0 Å². The predicted molar refractivity (Wildman–Crippen MR) is 129 cm³/mol. The van der Waals surface area contributed by atoms with Crippen molar-refractivity contribution < 1.29 is 28.6 Å². The Morgan fingerprint density at radius 3 is 2.06 bits per heavy atom. The topological polar surface area (TPSA) is 78.9 Å². The van der Waals surface area contributed by atoms with Crippen LogP contribution in [0.25, 0.3) is 11.6 Å². The largest absolute Gasteiger partial charge is 0.426 e. The van der Waals surface area contributed by atoms with Crippen LogP contribution in [0.15, 0.2) is 54.0 Å². The molecule has 0 aliphatic carbocycles. The summed E-state index contributed by atoms with van der Waals surface area (Å²) in [5.41, 5.74) is 1.88. The summed E-state index contributed by atoms with van der Waals surface area (Å²) in [4.78, 5) is 34.8. The molecule has 0 unspecified atom stereocenters. The second-order valence-corrected chi connectivity index (χ2v) is 9.59. The quantitative estimate of drug-likeness (QED) is 0.270. The monoisotopic (exact) mass is 676 g/mol. The fourth-order valence-corrected chi connectivity index (χ4v) is 5.05. The summed E-state index contributed by atoms with van der Waals surface area (Å²) in [6.45, 7) is 2.62. The first-order valence-electron chi connectivity index (χ1n) is 8.56. The predicted octanol–water partition coefficient (Wildman–Crippen LogP) is 6.53. The van der Waals surface area contributed by atoms with E-state index >= 15 is 0 Å². The minimum atomic E-state index is -0.534. The molecule has 160 valence electrons. The fraction of sp³-hybridized carbons (Fsp3) is 0.0952. The molecule has 0 N–H and O–H groups in total. The average Bonchev–Trinajstić information content (AvgIpc) is 2.93. The number of hydrogen-bond donors (Lipinski definition) is 0. The second-order valence-electron chi connectivity index (χ2n) is 6.23. The van der Waals surface area contributed by atoms with E-state index in [2.05, 4.69) is 63.7 Å². The molecule has 0 saturated carbocycles. The Bertz CT molecular complexity index is 1160. The Morgan fingerprint density at radius 1 is 0.903 bits per heavy atom. The number of benzene rings is 2. The number of carbonyl (C=O) groups is 3. The van der Waals surface area contributed by atoms with Gasteiger partial charge in [-0.2, -0.15) is 0 Å². The zero-order valence-electron chi connectivity index (χ0n) is 15.9. The number of rotatable bonds is 4. The van der Waals surface area contributed by atoms with Crippen LogP contribution in [-0.4, -0.2) is 17.9 Å². The first-order valence-corrected chi connectivity index (χ1v) is 11.7.